The molecule has 2 heterocycles. The summed E-state index contributed by atoms with van der Waals surface area (Å²) >= 11 is 0. The lowest BCUT2D eigenvalue weighted by molar-refractivity contribution is -0.174. The van der Waals surface area contributed by atoms with Crippen LogP contribution in [0.15, 0.2) is 24.4 Å². The number of nitrogens with zero attached hydrogens (tertiary/aromatic N) is 3. The van der Waals surface area contributed by atoms with Crippen molar-refractivity contribution in [3.05, 3.63) is 24.4 Å². The molecule has 5 heteroatoms. The van der Waals surface area contributed by atoms with Crippen LogP contribution in [-0.4, -0.2) is 43.2 Å². The molecule has 0 saturated carbocycles. The van der Waals surface area contributed by atoms with Gasteiger partial charge in [0.15, 0.2) is 0 Å². The Hall–Kier alpha value is -1.62. The second-order valence-corrected chi connectivity index (χ2v) is 4.47. The van der Waals surface area contributed by atoms with E-state index in [0.717, 1.165) is 31.7 Å². The number of carbonyl (C=O) groups is 1. The highest BCUT2D eigenvalue weighted by Gasteiger charge is 2.27. The van der Waals surface area contributed by atoms with E-state index in [0.29, 0.717) is 0 Å². The summed E-state index contributed by atoms with van der Waals surface area (Å²) in [5.41, 5.74) is 0. The third-order valence-electron chi connectivity index (χ3n) is 3.40. The first-order valence-corrected chi connectivity index (χ1v) is 6.20. The van der Waals surface area contributed by atoms with Crippen molar-refractivity contribution in [1.29, 1.82) is 0 Å². The number of amides is 1. The van der Waals surface area contributed by atoms with Gasteiger partial charge in [0.2, 0.25) is 5.91 Å². The molecule has 1 amide bonds. The van der Waals surface area contributed by atoms with Crippen LogP contribution in [0.1, 0.15) is 12.8 Å². The summed E-state index contributed by atoms with van der Waals surface area (Å²) < 4.78 is 0. The molecule has 1 aromatic rings. The Morgan fingerprint density at radius 1 is 1.44 bits per heavy atom. The molecular formula is C13H19N3O2. The maximum absolute atomic E-state index is 11.9. The van der Waals surface area contributed by atoms with E-state index in [2.05, 4.69) is 9.88 Å². The second-order valence-electron chi connectivity index (χ2n) is 4.47. The number of rotatable bonds is 3. The maximum Gasteiger partial charge on any atom is 0.249 e. The summed E-state index contributed by atoms with van der Waals surface area (Å²) in [7, 11) is 3.17. The number of aromatic nitrogens is 1. The van der Waals surface area contributed by atoms with Crippen molar-refractivity contribution in [2.24, 2.45) is 5.92 Å². The SMILES string of the molecule is CON(C)C(=O)C1CCN(c2ccccn2)CC1. The average molecular weight is 249 g/mol. The van der Waals surface area contributed by atoms with E-state index in [9.17, 15) is 4.79 Å². The van der Waals surface area contributed by atoms with Crippen LogP contribution in [0.5, 0.6) is 0 Å². The predicted octanol–water partition coefficient (Wildman–Crippen LogP) is 1.32. The van der Waals surface area contributed by atoms with Crippen LogP contribution in [0.3, 0.4) is 0 Å². The fourth-order valence-electron chi connectivity index (χ4n) is 2.24. The van der Waals surface area contributed by atoms with Crippen molar-refractivity contribution in [3.63, 3.8) is 0 Å². The molecule has 5 nitrogen and oxygen atoms in total. The minimum atomic E-state index is 0.0647. The number of hydroxylamine groups is 2. The second kappa shape index (κ2) is 5.82. The Balaban J connectivity index is 1.90. The van der Waals surface area contributed by atoms with Crippen LogP contribution in [0.25, 0.3) is 0 Å². The Labute approximate surface area is 107 Å². The summed E-state index contributed by atoms with van der Waals surface area (Å²) in [4.78, 5) is 23.4. The zero-order valence-electron chi connectivity index (χ0n) is 10.9. The molecule has 0 bridgehead atoms. The molecule has 0 atom stereocenters. The molecule has 0 aliphatic carbocycles. The topological polar surface area (TPSA) is 45.7 Å². The summed E-state index contributed by atoms with van der Waals surface area (Å²) in [5.74, 6) is 1.12. The van der Waals surface area contributed by atoms with Crippen LogP contribution in [0.2, 0.25) is 0 Å². The summed E-state index contributed by atoms with van der Waals surface area (Å²) in [6, 6.07) is 5.90. The van der Waals surface area contributed by atoms with Crippen molar-refractivity contribution in [1.82, 2.24) is 10.0 Å². The summed E-state index contributed by atoms with van der Waals surface area (Å²) in [5, 5.41) is 1.32. The maximum atomic E-state index is 11.9. The molecule has 2 rings (SSSR count). The smallest absolute Gasteiger partial charge is 0.249 e. The van der Waals surface area contributed by atoms with Gasteiger partial charge in [-0.3, -0.25) is 9.63 Å². The van der Waals surface area contributed by atoms with Gasteiger partial charge < -0.3 is 4.90 Å². The number of piperidine rings is 1. The summed E-state index contributed by atoms with van der Waals surface area (Å²) in [6.07, 6.45) is 3.50. The minimum Gasteiger partial charge on any atom is -0.357 e. The van der Waals surface area contributed by atoms with Crippen LogP contribution < -0.4 is 4.90 Å². The lowest BCUT2D eigenvalue weighted by atomic mass is 9.96. The Morgan fingerprint density at radius 3 is 2.72 bits per heavy atom. The van der Waals surface area contributed by atoms with E-state index < -0.39 is 0 Å². The van der Waals surface area contributed by atoms with Gasteiger partial charge in [0.1, 0.15) is 5.82 Å². The molecule has 0 spiro atoms. The van der Waals surface area contributed by atoms with E-state index in [4.69, 9.17) is 4.84 Å². The number of pyridine rings is 1. The van der Waals surface area contributed by atoms with Gasteiger partial charge >= 0.3 is 0 Å². The predicted molar refractivity (Wildman–Crippen MR) is 69.0 cm³/mol. The van der Waals surface area contributed by atoms with Crippen molar-refractivity contribution < 1.29 is 9.63 Å². The van der Waals surface area contributed by atoms with Crippen molar-refractivity contribution in [2.75, 3.05) is 32.1 Å². The van der Waals surface area contributed by atoms with Gasteiger partial charge in [-0.05, 0) is 25.0 Å². The van der Waals surface area contributed by atoms with Gasteiger partial charge in [0.05, 0.1) is 7.11 Å². The largest absolute Gasteiger partial charge is 0.357 e. The van der Waals surface area contributed by atoms with Gasteiger partial charge in [-0.1, -0.05) is 6.07 Å². The van der Waals surface area contributed by atoms with Gasteiger partial charge in [-0.25, -0.2) is 10.0 Å². The van der Waals surface area contributed by atoms with Crippen molar-refractivity contribution in [3.8, 4) is 0 Å². The molecule has 1 aromatic heterocycles. The zero-order valence-corrected chi connectivity index (χ0v) is 10.9. The molecular weight excluding hydrogens is 230 g/mol. The van der Waals surface area contributed by atoms with Gasteiger partial charge in [-0.2, -0.15) is 0 Å². The average Bonchev–Trinajstić information content (AvgIpc) is 2.47. The minimum absolute atomic E-state index is 0.0647. The third kappa shape index (κ3) is 2.79. The van der Waals surface area contributed by atoms with Crippen LogP contribution >= 0.6 is 0 Å². The fourth-order valence-corrected chi connectivity index (χ4v) is 2.24. The van der Waals surface area contributed by atoms with Crippen molar-refractivity contribution >= 4 is 11.7 Å². The molecule has 1 fully saturated rings. The van der Waals surface area contributed by atoms with E-state index >= 15 is 0 Å². The highest BCUT2D eigenvalue weighted by molar-refractivity contribution is 5.77. The molecule has 1 aliphatic heterocycles. The van der Waals surface area contributed by atoms with E-state index in [1.165, 1.54) is 12.2 Å². The first kappa shape index (κ1) is 12.8. The normalized spacial score (nSPS) is 16.7. The summed E-state index contributed by atoms with van der Waals surface area (Å²) in [6.45, 7) is 1.73. The molecule has 0 radical (unpaired) electrons. The van der Waals surface area contributed by atoms with Gasteiger partial charge in [-0.15, -0.1) is 0 Å². The molecule has 18 heavy (non-hydrogen) atoms. The Bertz CT molecular complexity index is 388. The van der Waals surface area contributed by atoms with Crippen LogP contribution in [0.4, 0.5) is 5.82 Å². The van der Waals surface area contributed by atoms with Gasteiger partial charge in [0, 0.05) is 32.3 Å². The number of hydrogen-bond donors (Lipinski definition) is 0. The first-order valence-electron chi connectivity index (χ1n) is 6.20. The standard InChI is InChI=1S/C13H19N3O2/c1-15(18-2)13(17)11-6-9-16(10-7-11)12-5-3-4-8-14-12/h3-5,8,11H,6-7,9-10H2,1-2H3. The first-order chi connectivity index (χ1) is 8.72. The molecule has 0 unspecified atom stereocenters. The highest BCUT2D eigenvalue weighted by atomic mass is 16.7. The van der Waals surface area contributed by atoms with Crippen LogP contribution in [0, 0.1) is 5.92 Å². The number of anilines is 1. The highest BCUT2D eigenvalue weighted by Crippen LogP contribution is 2.22. The third-order valence-corrected chi connectivity index (χ3v) is 3.40. The zero-order chi connectivity index (χ0) is 13.0. The molecule has 0 aromatic carbocycles. The number of carbonyl (C=O) groups excluding carboxylic acids is 1. The molecule has 1 saturated heterocycles. The van der Waals surface area contributed by atoms with Crippen LogP contribution in [-0.2, 0) is 9.63 Å². The molecule has 1 aliphatic rings. The fraction of sp³-hybridized carbons (Fsp3) is 0.538. The lowest BCUT2D eigenvalue weighted by Gasteiger charge is -2.33. The quantitative estimate of drug-likeness (QED) is 0.758. The van der Waals surface area contributed by atoms with Crippen molar-refractivity contribution in [2.45, 2.75) is 12.8 Å². The lowest BCUT2D eigenvalue weighted by Crippen LogP contribution is -2.41. The monoisotopic (exact) mass is 249 g/mol. The van der Waals surface area contributed by atoms with E-state index in [1.807, 2.05) is 18.2 Å². The Morgan fingerprint density at radius 2 is 2.17 bits per heavy atom. The Kier molecular flexibility index (Phi) is 4.15. The van der Waals surface area contributed by atoms with Gasteiger partial charge in [0.25, 0.3) is 0 Å². The molecule has 98 valence electrons. The van der Waals surface area contributed by atoms with E-state index in [1.54, 1.807) is 13.2 Å². The number of hydrogen-bond acceptors (Lipinski definition) is 4. The molecule has 0 N–H and O–H groups in total. The van der Waals surface area contributed by atoms with E-state index in [-0.39, 0.29) is 11.8 Å².